The van der Waals surface area contributed by atoms with Gasteiger partial charge in [0.15, 0.2) is 0 Å². The molecule has 2 aromatic heterocycles. The third kappa shape index (κ3) is 4.40. The molecule has 3 heterocycles. The number of piperazine rings is 1. The Morgan fingerprint density at radius 1 is 1.19 bits per heavy atom. The number of anilines is 1. The molecule has 6 nitrogen and oxygen atoms in total. The molecule has 3 N–H and O–H groups in total. The van der Waals surface area contributed by atoms with Gasteiger partial charge < -0.3 is 15.7 Å². The zero-order valence-corrected chi connectivity index (χ0v) is 19.0. The zero-order chi connectivity index (χ0) is 21.2. The number of thioether (sulfide) groups is 1. The molecule has 0 radical (unpaired) electrons. The van der Waals surface area contributed by atoms with Crippen molar-refractivity contribution < 1.29 is 5.11 Å². The summed E-state index contributed by atoms with van der Waals surface area (Å²) in [6, 6.07) is 14.8. The molecule has 1 saturated heterocycles. The van der Waals surface area contributed by atoms with E-state index < -0.39 is 6.23 Å². The van der Waals surface area contributed by atoms with Crippen LogP contribution in [0.25, 0.3) is 21.0 Å². The van der Waals surface area contributed by atoms with E-state index in [1.165, 1.54) is 10.5 Å². The highest BCUT2D eigenvalue weighted by atomic mass is 32.2. The van der Waals surface area contributed by atoms with E-state index in [0.29, 0.717) is 12.5 Å². The van der Waals surface area contributed by atoms with Crippen LogP contribution >= 0.6 is 23.1 Å². The van der Waals surface area contributed by atoms with Crippen LogP contribution < -0.4 is 10.6 Å². The van der Waals surface area contributed by atoms with Crippen LogP contribution in [0.5, 0.6) is 0 Å². The quantitative estimate of drug-likeness (QED) is 0.382. The summed E-state index contributed by atoms with van der Waals surface area (Å²) in [5, 5.41) is 19.6. The van der Waals surface area contributed by atoms with Gasteiger partial charge in [-0.05, 0) is 42.2 Å². The number of thiophene rings is 1. The smallest absolute Gasteiger partial charge is 0.223 e. The fraction of sp³-hybridized carbons (Fsp3) is 0.304. The van der Waals surface area contributed by atoms with Gasteiger partial charge in [0.1, 0.15) is 6.23 Å². The van der Waals surface area contributed by atoms with E-state index >= 15 is 0 Å². The van der Waals surface area contributed by atoms with Gasteiger partial charge in [-0.25, -0.2) is 9.97 Å². The van der Waals surface area contributed by atoms with E-state index in [9.17, 15) is 5.11 Å². The van der Waals surface area contributed by atoms with Crippen LogP contribution in [0.2, 0.25) is 0 Å². The van der Waals surface area contributed by atoms with Gasteiger partial charge in [-0.15, -0.1) is 23.1 Å². The van der Waals surface area contributed by atoms with Crippen LogP contribution in [0, 0.1) is 0 Å². The maximum Gasteiger partial charge on any atom is 0.223 e. The highest BCUT2D eigenvalue weighted by molar-refractivity contribution is 7.98. The lowest BCUT2D eigenvalue weighted by Crippen LogP contribution is -2.44. The Morgan fingerprint density at radius 3 is 2.77 bits per heavy atom. The van der Waals surface area contributed by atoms with Gasteiger partial charge in [-0.2, -0.15) is 0 Å². The van der Waals surface area contributed by atoms with Crippen molar-refractivity contribution in [2.45, 2.75) is 17.7 Å². The molecule has 1 aliphatic rings. The average molecular weight is 452 g/mol. The molecule has 0 amide bonds. The molecule has 2 aromatic carbocycles. The first kappa shape index (κ1) is 20.7. The zero-order valence-electron chi connectivity index (χ0n) is 17.3. The Labute approximate surface area is 189 Å². The number of nitrogens with zero attached hydrogens (tertiary/aromatic N) is 3. The second kappa shape index (κ2) is 9.10. The van der Waals surface area contributed by atoms with Crippen LogP contribution in [-0.4, -0.2) is 52.4 Å². The fourth-order valence-electron chi connectivity index (χ4n) is 3.87. The normalized spacial score (nSPS) is 16.1. The number of aliphatic hydroxyl groups is 1. The van der Waals surface area contributed by atoms with Gasteiger partial charge in [0.2, 0.25) is 5.95 Å². The van der Waals surface area contributed by atoms with Crippen molar-refractivity contribution in [3.63, 3.8) is 0 Å². The third-order valence-corrected chi connectivity index (χ3v) is 7.51. The summed E-state index contributed by atoms with van der Waals surface area (Å²) >= 11 is 3.38. The lowest BCUT2D eigenvalue weighted by Gasteiger charge is -2.30. The predicted molar refractivity (Wildman–Crippen MR) is 130 cm³/mol. The monoisotopic (exact) mass is 451 g/mol. The number of nitrogens with one attached hydrogen (secondary N) is 2. The molecule has 8 heteroatoms. The largest absolute Gasteiger partial charge is 0.373 e. The Balaban J connectivity index is 1.41. The highest BCUT2D eigenvalue weighted by Gasteiger charge is 2.22. The van der Waals surface area contributed by atoms with E-state index in [-0.39, 0.29) is 0 Å². The van der Waals surface area contributed by atoms with Crippen LogP contribution in [-0.2, 0) is 6.54 Å². The molecule has 0 bridgehead atoms. The van der Waals surface area contributed by atoms with Crippen molar-refractivity contribution in [3.8, 4) is 0 Å². The Kier molecular flexibility index (Phi) is 6.06. The molecular weight excluding hydrogens is 426 g/mol. The molecule has 160 valence electrons. The maximum absolute atomic E-state index is 10.9. The fourth-order valence-corrected chi connectivity index (χ4v) is 5.37. The molecule has 0 saturated carbocycles. The lowest BCUT2D eigenvalue weighted by molar-refractivity contribution is -0.00273. The first-order valence-electron chi connectivity index (χ1n) is 10.4. The summed E-state index contributed by atoms with van der Waals surface area (Å²) in [6.45, 7) is 4.20. The summed E-state index contributed by atoms with van der Waals surface area (Å²) in [5.74, 6) is 0.615. The summed E-state index contributed by atoms with van der Waals surface area (Å²) in [5.41, 5.74) is 2.11. The molecule has 1 aliphatic heterocycles. The second-order valence-corrected chi connectivity index (χ2v) is 9.61. The minimum absolute atomic E-state index is 0.571. The Morgan fingerprint density at radius 2 is 2.00 bits per heavy atom. The van der Waals surface area contributed by atoms with E-state index in [4.69, 9.17) is 4.98 Å². The van der Waals surface area contributed by atoms with Gasteiger partial charge in [0, 0.05) is 64.2 Å². The first-order valence-corrected chi connectivity index (χ1v) is 12.4. The number of aliphatic hydroxyl groups excluding tert-OH is 1. The number of benzene rings is 2. The van der Waals surface area contributed by atoms with E-state index in [1.54, 1.807) is 23.1 Å². The summed E-state index contributed by atoms with van der Waals surface area (Å²) in [6.07, 6.45) is 3.37. The molecular formula is C23H25N5OS2. The number of hydrogen-bond donors (Lipinski definition) is 3. The summed E-state index contributed by atoms with van der Waals surface area (Å²) in [4.78, 5) is 13.6. The van der Waals surface area contributed by atoms with Crippen LogP contribution in [0.1, 0.15) is 16.7 Å². The van der Waals surface area contributed by atoms with Crippen molar-refractivity contribution in [3.05, 3.63) is 59.1 Å². The number of hydrogen-bond acceptors (Lipinski definition) is 8. The van der Waals surface area contributed by atoms with Crippen LogP contribution in [0.15, 0.2) is 53.6 Å². The van der Waals surface area contributed by atoms with E-state index in [0.717, 1.165) is 52.0 Å². The molecule has 1 unspecified atom stereocenters. The van der Waals surface area contributed by atoms with E-state index in [2.05, 4.69) is 69.2 Å². The first-order chi connectivity index (χ1) is 15.2. The van der Waals surface area contributed by atoms with Crippen molar-refractivity contribution >= 4 is 50.0 Å². The van der Waals surface area contributed by atoms with Crippen molar-refractivity contribution in [1.82, 2.24) is 20.2 Å². The van der Waals surface area contributed by atoms with Gasteiger partial charge in [-0.1, -0.05) is 12.1 Å². The highest BCUT2D eigenvalue weighted by Crippen LogP contribution is 2.35. The molecule has 5 rings (SSSR count). The van der Waals surface area contributed by atoms with Gasteiger partial charge in [-0.3, -0.25) is 4.90 Å². The van der Waals surface area contributed by atoms with Crippen molar-refractivity contribution in [1.29, 1.82) is 0 Å². The lowest BCUT2D eigenvalue weighted by atomic mass is 10.1. The van der Waals surface area contributed by atoms with Gasteiger partial charge in [0.05, 0.1) is 5.52 Å². The van der Waals surface area contributed by atoms with Crippen molar-refractivity contribution in [2.24, 2.45) is 0 Å². The van der Waals surface area contributed by atoms with E-state index in [1.807, 2.05) is 6.20 Å². The third-order valence-electron chi connectivity index (χ3n) is 5.63. The number of fused-ring (bicyclic) bond motifs is 3. The van der Waals surface area contributed by atoms with Crippen LogP contribution in [0.4, 0.5) is 5.95 Å². The standard InChI is InChI=1S/C23H25N5OS2/c1-30-17-5-2-15(3-6-17)13-25-23-26-14-16-4-7-19-18(21(16)27-23)12-20(31-19)22(29)28-10-8-24-9-11-28/h2-7,12,14,22,24,29H,8-11,13H2,1H3,(H,25,26,27). The molecule has 0 aliphatic carbocycles. The summed E-state index contributed by atoms with van der Waals surface area (Å²) < 4.78 is 1.13. The van der Waals surface area contributed by atoms with Crippen LogP contribution in [0.3, 0.4) is 0 Å². The topological polar surface area (TPSA) is 73.3 Å². The van der Waals surface area contributed by atoms with Gasteiger partial charge >= 0.3 is 0 Å². The number of aromatic nitrogens is 2. The summed E-state index contributed by atoms with van der Waals surface area (Å²) in [7, 11) is 0. The predicted octanol–water partition coefficient (Wildman–Crippen LogP) is 4.07. The molecule has 4 aromatic rings. The van der Waals surface area contributed by atoms with Gasteiger partial charge in [0.25, 0.3) is 0 Å². The molecule has 0 spiro atoms. The molecule has 1 fully saturated rings. The average Bonchev–Trinajstić information content (AvgIpc) is 3.28. The second-order valence-electron chi connectivity index (χ2n) is 7.62. The Bertz CT molecular complexity index is 1190. The maximum atomic E-state index is 10.9. The molecule has 1 atom stereocenters. The Hall–Kier alpha value is -2.23. The SMILES string of the molecule is CSc1ccc(CNc2ncc3ccc4sc(C(O)N5CCNCC5)cc4c3n2)cc1. The minimum Gasteiger partial charge on any atom is -0.373 e. The number of rotatable bonds is 6. The minimum atomic E-state index is -0.571. The van der Waals surface area contributed by atoms with Crippen molar-refractivity contribution in [2.75, 3.05) is 37.8 Å². The molecule has 31 heavy (non-hydrogen) atoms.